The van der Waals surface area contributed by atoms with Crippen molar-refractivity contribution in [2.24, 2.45) is 0 Å². The minimum atomic E-state index is 0.619. The van der Waals surface area contributed by atoms with Gasteiger partial charge in [0.25, 0.3) is 0 Å². The summed E-state index contributed by atoms with van der Waals surface area (Å²) in [5, 5.41) is 7.32. The quantitative estimate of drug-likeness (QED) is 0.171. The SMILES string of the molecule is c1ccc(-c2cccc(-c3cc(-n4c5cc6ccccc6cc5c5cc6ccccc6cc54)ccc3-c3nc(-c4ccccc4)nc(-c4ccccc4)n3)c2)cc1. The molecular weight excluding hydrogens is 693 g/mol. The molecule has 0 radical (unpaired) electrons. The molecule has 4 heteroatoms. The molecular formula is C53H34N4. The number of benzene rings is 9. The van der Waals surface area contributed by atoms with E-state index in [-0.39, 0.29) is 0 Å². The Balaban J connectivity index is 1.20. The maximum atomic E-state index is 5.20. The van der Waals surface area contributed by atoms with Gasteiger partial charge in [0.1, 0.15) is 0 Å². The van der Waals surface area contributed by atoms with Crippen LogP contribution in [0.5, 0.6) is 0 Å². The van der Waals surface area contributed by atoms with Crippen LogP contribution in [0.15, 0.2) is 206 Å². The first kappa shape index (κ1) is 32.7. The molecule has 2 heterocycles. The number of fused-ring (bicyclic) bond motifs is 5. The van der Waals surface area contributed by atoms with Crippen molar-refractivity contribution in [1.82, 2.24) is 19.5 Å². The van der Waals surface area contributed by atoms with E-state index in [1.807, 2.05) is 36.4 Å². The molecule has 0 fully saturated rings. The molecule has 0 aliphatic rings. The second kappa shape index (κ2) is 13.6. The number of nitrogens with zero attached hydrogens (tertiary/aromatic N) is 4. The summed E-state index contributed by atoms with van der Waals surface area (Å²) < 4.78 is 2.43. The Labute approximate surface area is 330 Å². The second-order valence-electron chi connectivity index (χ2n) is 14.5. The highest BCUT2D eigenvalue weighted by Crippen LogP contribution is 2.41. The fourth-order valence-corrected chi connectivity index (χ4v) is 8.20. The molecule has 11 rings (SSSR count). The van der Waals surface area contributed by atoms with E-state index in [4.69, 9.17) is 15.0 Å². The second-order valence-corrected chi connectivity index (χ2v) is 14.5. The van der Waals surface area contributed by atoms with Crippen LogP contribution in [0.3, 0.4) is 0 Å². The van der Waals surface area contributed by atoms with Gasteiger partial charge in [0.05, 0.1) is 11.0 Å². The van der Waals surface area contributed by atoms with Crippen LogP contribution in [-0.4, -0.2) is 19.5 Å². The summed E-state index contributed by atoms with van der Waals surface area (Å²) >= 11 is 0. The van der Waals surface area contributed by atoms with E-state index in [1.54, 1.807) is 0 Å². The maximum Gasteiger partial charge on any atom is 0.164 e. The summed E-state index contributed by atoms with van der Waals surface area (Å²) in [6.45, 7) is 0. The van der Waals surface area contributed by atoms with Gasteiger partial charge < -0.3 is 4.57 Å². The molecule has 9 aromatic carbocycles. The molecule has 0 saturated carbocycles. The van der Waals surface area contributed by atoms with E-state index in [0.29, 0.717) is 17.5 Å². The van der Waals surface area contributed by atoms with Gasteiger partial charge in [-0.1, -0.05) is 158 Å². The smallest absolute Gasteiger partial charge is 0.164 e. The highest BCUT2D eigenvalue weighted by Gasteiger charge is 2.20. The predicted octanol–water partition coefficient (Wildman–Crippen LogP) is 13.6. The fourth-order valence-electron chi connectivity index (χ4n) is 8.20. The van der Waals surface area contributed by atoms with E-state index in [2.05, 4.69) is 174 Å². The Morgan fingerprint density at radius 1 is 0.281 bits per heavy atom. The number of rotatable bonds is 6. The first-order valence-electron chi connectivity index (χ1n) is 19.3. The molecule has 11 aromatic rings. The highest BCUT2D eigenvalue weighted by molar-refractivity contribution is 6.16. The number of aromatic nitrogens is 4. The summed E-state index contributed by atoms with van der Waals surface area (Å²) in [6, 6.07) is 73.0. The van der Waals surface area contributed by atoms with Gasteiger partial charge in [-0.05, 0) is 92.3 Å². The Kier molecular flexibility index (Phi) is 7.78. The van der Waals surface area contributed by atoms with E-state index in [9.17, 15) is 0 Å². The topological polar surface area (TPSA) is 43.6 Å². The Morgan fingerprint density at radius 2 is 0.719 bits per heavy atom. The average molecular weight is 727 g/mol. The van der Waals surface area contributed by atoms with Crippen LogP contribution < -0.4 is 0 Å². The molecule has 4 nitrogen and oxygen atoms in total. The van der Waals surface area contributed by atoms with Gasteiger partial charge in [0, 0.05) is 33.2 Å². The van der Waals surface area contributed by atoms with Gasteiger partial charge in [-0.3, -0.25) is 0 Å². The van der Waals surface area contributed by atoms with Gasteiger partial charge in [0.15, 0.2) is 17.5 Å². The van der Waals surface area contributed by atoms with Gasteiger partial charge in [-0.2, -0.15) is 0 Å². The van der Waals surface area contributed by atoms with Crippen LogP contribution in [0.4, 0.5) is 0 Å². The molecule has 0 spiro atoms. The lowest BCUT2D eigenvalue weighted by atomic mass is 9.94. The van der Waals surface area contributed by atoms with Crippen molar-refractivity contribution in [3.63, 3.8) is 0 Å². The van der Waals surface area contributed by atoms with Crippen LogP contribution >= 0.6 is 0 Å². The fraction of sp³-hybridized carbons (Fsp3) is 0. The zero-order valence-corrected chi connectivity index (χ0v) is 30.9. The van der Waals surface area contributed by atoms with Crippen molar-refractivity contribution in [1.29, 1.82) is 0 Å². The number of hydrogen-bond acceptors (Lipinski definition) is 3. The molecule has 57 heavy (non-hydrogen) atoms. The Bertz CT molecular complexity index is 3130. The van der Waals surface area contributed by atoms with Crippen molar-refractivity contribution in [2.75, 3.05) is 0 Å². The van der Waals surface area contributed by atoms with Crippen LogP contribution in [-0.2, 0) is 0 Å². The lowest BCUT2D eigenvalue weighted by molar-refractivity contribution is 1.07. The third kappa shape index (κ3) is 5.83. The molecule has 0 aliphatic carbocycles. The normalized spacial score (nSPS) is 11.5. The first-order valence-corrected chi connectivity index (χ1v) is 19.3. The van der Waals surface area contributed by atoms with Crippen LogP contribution in [0.1, 0.15) is 0 Å². The molecule has 0 amide bonds. The van der Waals surface area contributed by atoms with E-state index < -0.39 is 0 Å². The summed E-state index contributed by atoms with van der Waals surface area (Å²) in [4.78, 5) is 15.4. The minimum absolute atomic E-state index is 0.619. The molecule has 266 valence electrons. The third-order valence-electron chi connectivity index (χ3n) is 11.0. The summed E-state index contributed by atoms with van der Waals surface area (Å²) in [7, 11) is 0. The van der Waals surface area contributed by atoms with Crippen molar-refractivity contribution < 1.29 is 0 Å². The molecule has 0 saturated heterocycles. The first-order chi connectivity index (χ1) is 28.2. The summed E-state index contributed by atoms with van der Waals surface area (Å²) in [6.07, 6.45) is 0. The van der Waals surface area contributed by atoms with Crippen molar-refractivity contribution in [2.45, 2.75) is 0 Å². The van der Waals surface area contributed by atoms with Crippen molar-refractivity contribution in [3.05, 3.63) is 206 Å². The van der Waals surface area contributed by atoms with Crippen LogP contribution in [0, 0.1) is 0 Å². The standard InChI is InChI=1S/C53H34N4/c1-4-15-35(16-5-1)38-25-14-26-43(29-38)46-34-44(27-28-45(46)53-55-51(36-17-6-2-7-18-36)54-52(56-53)37-19-8-3-9-20-37)57-49-32-41-23-12-10-21-39(41)30-47(49)48-31-40-22-11-13-24-42(40)33-50(48)57/h1-34H. The van der Waals surface area contributed by atoms with Crippen LogP contribution in [0.25, 0.3) is 105 Å². The van der Waals surface area contributed by atoms with Gasteiger partial charge in [-0.15, -0.1) is 0 Å². The largest absolute Gasteiger partial charge is 0.309 e. The lowest BCUT2D eigenvalue weighted by Crippen LogP contribution is -2.02. The van der Waals surface area contributed by atoms with E-state index in [1.165, 1.54) is 32.3 Å². The van der Waals surface area contributed by atoms with Gasteiger partial charge in [-0.25, -0.2) is 15.0 Å². The van der Waals surface area contributed by atoms with Gasteiger partial charge >= 0.3 is 0 Å². The predicted molar refractivity (Wildman–Crippen MR) is 236 cm³/mol. The molecule has 0 bridgehead atoms. The highest BCUT2D eigenvalue weighted by atomic mass is 15.0. The zero-order chi connectivity index (χ0) is 37.7. The Morgan fingerprint density at radius 3 is 1.26 bits per heavy atom. The minimum Gasteiger partial charge on any atom is -0.309 e. The molecule has 0 atom stereocenters. The average Bonchev–Trinajstić information content (AvgIpc) is 3.59. The molecule has 0 aliphatic heterocycles. The molecule has 0 unspecified atom stereocenters. The Hall–Kier alpha value is -7.69. The maximum absolute atomic E-state index is 5.20. The lowest BCUT2D eigenvalue weighted by Gasteiger charge is -2.16. The number of hydrogen-bond donors (Lipinski definition) is 0. The van der Waals surface area contributed by atoms with Crippen LogP contribution in [0.2, 0.25) is 0 Å². The monoisotopic (exact) mass is 726 g/mol. The molecule has 2 aromatic heterocycles. The van der Waals surface area contributed by atoms with E-state index >= 15 is 0 Å². The van der Waals surface area contributed by atoms with E-state index in [0.717, 1.165) is 55.7 Å². The van der Waals surface area contributed by atoms with Crippen molar-refractivity contribution >= 4 is 43.4 Å². The zero-order valence-electron chi connectivity index (χ0n) is 30.9. The van der Waals surface area contributed by atoms with Crippen molar-refractivity contribution in [3.8, 4) is 62.1 Å². The molecule has 0 N–H and O–H groups in total. The summed E-state index contributed by atoms with van der Waals surface area (Å²) in [5.74, 6) is 1.89. The third-order valence-corrected chi connectivity index (χ3v) is 11.0. The summed E-state index contributed by atoms with van der Waals surface area (Å²) in [5.41, 5.74) is 10.6. The van der Waals surface area contributed by atoms with Gasteiger partial charge in [0.2, 0.25) is 0 Å².